The van der Waals surface area contributed by atoms with Crippen LogP contribution in [0.3, 0.4) is 0 Å². The number of halogens is 1. The molecule has 21 heavy (non-hydrogen) atoms. The maximum Gasteiger partial charge on any atom is 0.245 e. The highest BCUT2D eigenvalue weighted by atomic mass is 32.2. The van der Waals surface area contributed by atoms with Crippen LogP contribution in [0.2, 0.25) is 0 Å². The zero-order valence-corrected chi connectivity index (χ0v) is 13.4. The highest BCUT2D eigenvalue weighted by molar-refractivity contribution is 7.89. The second-order valence-corrected chi connectivity index (χ2v) is 7.94. The molecular weight excluding hydrogens is 291 g/mol. The Morgan fingerprint density at radius 2 is 1.95 bits per heavy atom. The summed E-state index contributed by atoms with van der Waals surface area (Å²) in [6.45, 7) is 5.38. The Kier molecular flexibility index (Phi) is 4.70. The molecule has 6 heteroatoms. The summed E-state index contributed by atoms with van der Waals surface area (Å²) >= 11 is 0. The fourth-order valence-electron chi connectivity index (χ4n) is 2.64. The fourth-order valence-corrected chi connectivity index (χ4v) is 4.13. The highest BCUT2D eigenvalue weighted by Gasteiger charge is 2.35. The van der Waals surface area contributed by atoms with E-state index >= 15 is 0 Å². The van der Waals surface area contributed by atoms with Crippen molar-refractivity contribution in [2.24, 2.45) is 11.1 Å². The van der Waals surface area contributed by atoms with Crippen molar-refractivity contribution in [2.75, 3.05) is 13.1 Å². The minimum atomic E-state index is -3.76. The van der Waals surface area contributed by atoms with Gasteiger partial charge < -0.3 is 5.73 Å². The van der Waals surface area contributed by atoms with Gasteiger partial charge in [-0.2, -0.15) is 4.31 Å². The molecule has 4 nitrogen and oxygen atoms in total. The van der Waals surface area contributed by atoms with Crippen molar-refractivity contribution in [2.45, 2.75) is 44.6 Å². The normalized spacial score (nSPS) is 19.6. The number of nitrogens with zero attached hydrogens (tertiary/aromatic N) is 1. The van der Waals surface area contributed by atoms with Crippen LogP contribution in [0.4, 0.5) is 4.39 Å². The molecule has 0 bridgehead atoms. The molecule has 1 fully saturated rings. The van der Waals surface area contributed by atoms with Gasteiger partial charge in [-0.3, -0.25) is 0 Å². The predicted octanol–water partition coefficient (Wildman–Crippen LogP) is 2.49. The summed E-state index contributed by atoms with van der Waals surface area (Å²) in [5.74, 6) is -0.721. The Labute approximate surface area is 126 Å². The molecule has 1 saturated heterocycles. The largest absolute Gasteiger partial charge is 0.326 e. The van der Waals surface area contributed by atoms with E-state index in [9.17, 15) is 12.8 Å². The second kappa shape index (κ2) is 6.02. The summed E-state index contributed by atoms with van der Waals surface area (Å²) in [5, 5.41) is 0. The maximum absolute atomic E-state index is 14.0. The van der Waals surface area contributed by atoms with E-state index in [1.54, 1.807) is 6.07 Å². The average Bonchev–Trinajstić information content (AvgIpc) is 2.47. The Bertz CT molecular complexity index is 608. The smallest absolute Gasteiger partial charge is 0.245 e. The summed E-state index contributed by atoms with van der Waals surface area (Å²) in [7, 11) is -3.76. The Balaban J connectivity index is 2.23. The van der Waals surface area contributed by atoms with Crippen molar-refractivity contribution in [1.82, 2.24) is 4.31 Å². The van der Waals surface area contributed by atoms with Crippen molar-refractivity contribution >= 4 is 10.0 Å². The lowest BCUT2D eigenvalue weighted by Gasteiger charge is -2.38. The Hall–Kier alpha value is -0.980. The number of nitrogens with two attached hydrogens (primary N) is 1. The number of hydrogen-bond acceptors (Lipinski definition) is 3. The number of piperidine rings is 1. The van der Waals surface area contributed by atoms with E-state index in [1.165, 1.54) is 16.4 Å². The van der Waals surface area contributed by atoms with Crippen molar-refractivity contribution in [3.05, 3.63) is 29.6 Å². The summed E-state index contributed by atoms with van der Waals surface area (Å²) in [6.07, 6.45) is 2.65. The molecule has 0 atom stereocenters. The molecule has 2 rings (SSSR count). The van der Waals surface area contributed by atoms with E-state index in [0.717, 1.165) is 19.3 Å². The van der Waals surface area contributed by atoms with Crippen LogP contribution in [-0.2, 0) is 16.6 Å². The van der Waals surface area contributed by atoms with E-state index in [1.807, 2.05) is 0 Å². The number of benzene rings is 1. The summed E-state index contributed by atoms with van der Waals surface area (Å²) in [6, 6.07) is 4.09. The van der Waals surface area contributed by atoms with E-state index in [-0.39, 0.29) is 16.9 Å². The predicted molar refractivity (Wildman–Crippen MR) is 80.7 cm³/mol. The van der Waals surface area contributed by atoms with Gasteiger partial charge in [-0.25, -0.2) is 12.8 Å². The van der Waals surface area contributed by atoms with Crippen LogP contribution in [0.25, 0.3) is 0 Å². The van der Waals surface area contributed by atoms with Gasteiger partial charge >= 0.3 is 0 Å². The standard InChI is InChI=1S/C15H23FN2O2S/c1-3-15(2)6-8-18(9-7-15)21(19,20)14-5-4-12(11-17)10-13(14)16/h4-5,10H,3,6-9,11,17H2,1-2H3. The van der Waals surface area contributed by atoms with Crippen LogP contribution >= 0.6 is 0 Å². The lowest BCUT2D eigenvalue weighted by atomic mass is 9.79. The molecule has 0 unspecified atom stereocenters. The van der Waals surface area contributed by atoms with Crippen molar-refractivity contribution in [3.8, 4) is 0 Å². The first-order valence-electron chi connectivity index (χ1n) is 7.31. The second-order valence-electron chi connectivity index (χ2n) is 6.04. The van der Waals surface area contributed by atoms with Gasteiger partial charge in [0.2, 0.25) is 10.0 Å². The average molecular weight is 314 g/mol. The molecule has 0 amide bonds. The maximum atomic E-state index is 14.0. The molecule has 0 aromatic heterocycles. The monoisotopic (exact) mass is 314 g/mol. The lowest BCUT2D eigenvalue weighted by Crippen LogP contribution is -2.42. The van der Waals surface area contributed by atoms with E-state index in [0.29, 0.717) is 18.7 Å². The van der Waals surface area contributed by atoms with Gasteiger partial charge in [0.1, 0.15) is 10.7 Å². The summed E-state index contributed by atoms with van der Waals surface area (Å²) in [4.78, 5) is -0.250. The van der Waals surface area contributed by atoms with Gasteiger partial charge in [0.05, 0.1) is 0 Å². The third-order valence-corrected chi connectivity index (χ3v) is 6.56. The summed E-state index contributed by atoms with van der Waals surface area (Å²) in [5.41, 5.74) is 6.21. The zero-order valence-electron chi connectivity index (χ0n) is 12.6. The molecule has 2 N–H and O–H groups in total. The lowest BCUT2D eigenvalue weighted by molar-refractivity contribution is 0.168. The van der Waals surface area contributed by atoms with Gasteiger partial charge in [0, 0.05) is 19.6 Å². The number of sulfonamides is 1. The molecular formula is C15H23FN2O2S. The molecule has 118 valence electrons. The first kappa shape index (κ1) is 16.4. The molecule has 0 aliphatic carbocycles. The van der Waals surface area contributed by atoms with Gasteiger partial charge in [0.15, 0.2) is 0 Å². The van der Waals surface area contributed by atoms with Crippen molar-refractivity contribution in [1.29, 1.82) is 0 Å². The van der Waals surface area contributed by atoms with Crippen molar-refractivity contribution in [3.63, 3.8) is 0 Å². The molecule has 0 radical (unpaired) electrons. The van der Waals surface area contributed by atoms with Gasteiger partial charge in [0.25, 0.3) is 0 Å². The van der Waals surface area contributed by atoms with Crippen LogP contribution in [0, 0.1) is 11.2 Å². The molecule has 0 saturated carbocycles. The molecule has 1 aliphatic rings. The van der Waals surface area contributed by atoms with Gasteiger partial charge in [-0.15, -0.1) is 0 Å². The molecule has 1 aromatic carbocycles. The van der Waals surface area contributed by atoms with E-state index in [4.69, 9.17) is 5.73 Å². The third-order valence-electron chi connectivity index (χ3n) is 4.63. The van der Waals surface area contributed by atoms with Crippen LogP contribution in [0.5, 0.6) is 0 Å². The first-order valence-corrected chi connectivity index (χ1v) is 8.75. The third kappa shape index (κ3) is 3.27. The van der Waals surface area contributed by atoms with Crippen LogP contribution in [-0.4, -0.2) is 25.8 Å². The molecule has 1 aliphatic heterocycles. The van der Waals surface area contributed by atoms with E-state index < -0.39 is 15.8 Å². The number of hydrogen-bond donors (Lipinski definition) is 1. The molecule has 0 spiro atoms. The molecule has 1 aromatic rings. The van der Waals surface area contributed by atoms with Crippen LogP contribution < -0.4 is 5.73 Å². The Morgan fingerprint density at radius 3 is 2.43 bits per heavy atom. The molecule has 1 heterocycles. The van der Waals surface area contributed by atoms with Gasteiger partial charge in [-0.1, -0.05) is 26.3 Å². The first-order chi connectivity index (χ1) is 9.82. The fraction of sp³-hybridized carbons (Fsp3) is 0.600. The van der Waals surface area contributed by atoms with Crippen LogP contribution in [0.1, 0.15) is 38.7 Å². The minimum absolute atomic E-state index is 0.188. The zero-order chi connectivity index (χ0) is 15.7. The topological polar surface area (TPSA) is 63.4 Å². The minimum Gasteiger partial charge on any atom is -0.326 e. The quantitative estimate of drug-likeness (QED) is 0.928. The van der Waals surface area contributed by atoms with Gasteiger partial charge in [-0.05, 0) is 36.0 Å². The SMILES string of the molecule is CCC1(C)CCN(S(=O)(=O)c2ccc(CN)cc2F)CC1. The van der Waals surface area contributed by atoms with E-state index in [2.05, 4.69) is 13.8 Å². The number of rotatable bonds is 4. The Morgan fingerprint density at radius 1 is 1.33 bits per heavy atom. The van der Waals surface area contributed by atoms with Crippen molar-refractivity contribution < 1.29 is 12.8 Å². The summed E-state index contributed by atoms with van der Waals surface area (Å²) < 4.78 is 40.6. The highest BCUT2D eigenvalue weighted by Crippen LogP contribution is 2.36. The van der Waals surface area contributed by atoms with Crippen LogP contribution in [0.15, 0.2) is 23.1 Å².